The molecule has 2 saturated heterocycles. The molecule has 1 aromatic rings. The highest BCUT2D eigenvalue weighted by Crippen LogP contribution is 2.34. The van der Waals surface area contributed by atoms with E-state index in [4.69, 9.17) is 9.47 Å². The largest absolute Gasteiger partial charge is 0.486 e. The minimum Gasteiger partial charge on any atom is -0.486 e. The summed E-state index contributed by atoms with van der Waals surface area (Å²) in [5.41, 5.74) is 1.20. The van der Waals surface area contributed by atoms with E-state index in [0.29, 0.717) is 19.1 Å². The fourth-order valence-corrected chi connectivity index (χ4v) is 4.24. The third-order valence-corrected chi connectivity index (χ3v) is 5.59. The molecule has 0 aliphatic carbocycles. The van der Waals surface area contributed by atoms with E-state index in [0.717, 1.165) is 57.1 Å². The SMILES string of the molecule is Cl.O=C(NCC1CCCN(Cc2cccc3c2OCCO3)C1)C1CCCN1. The number of hydrogen-bond donors (Lipinski definition) is 2. The van der Waals surface area contributed by atoms with Crippen molar-refractivity contribution in [2.45, 2.75) is 38.3 Å². The Morgan fingerprint density at radius 3 is 2.96 bits per heavy atom. The number of nitrogens with one attached hydrogen (secondary N) is 2. The zero-order valence-electron chi connectivity index (χ0n) is 15.7. The second-order valence-electron chi connectivity index (χ2n) is 7.58. The molecule has 1 aromatic carbocycles. The Morgan fingerprint density at radius 1 is 1.22 bits per heavy atom. The van der Waals surface area contributed by atoms with Gasteiger partial charge in [0, 0.05) is 25.2 Å². The number of amides is 1. The highest BCUT2D eigenvalue weighted by atomic mass is 35.5. The second-order valence-corrected chi connectivity index (χ2v) is 7.58. The van der Waals surface area contributed by atoms with Crippen LogP contribution in [0.2, 0.25) is 0 Å². The van der Waals surface area contributed by atoms with Crippen LogP contribution in [0.5, 0.6) is 11.5 Å². The summed E-state index contributed by atoms with van der Waals surface area (Å²) in [6.07, 6.45) is 4.42. The standard InChI is InChI=1S/C20H29N3O3.ClH/c24-20(17-6-2-8-21-17)22-12-15-4-3-9-23(13-15)14-16-5-1-7-18-19(16)26-11-10-25-18;/h1,5,7,15,17,21H,2-4,6,8-14H2,(H,22,24);1H. The van der Waals surface area contributed by atoms with Gasteiger partial charge in [0.25, 0.3) is 0 Å². The quantitative estimate of drug-likeness (QED) is 0.798. The fourth-order valence-electron chi connectivity index (χ4n) is 4.24. The van der Waals surface area contributed by atoms with Gasteiger partial charge in [0.1, 0.15) is 13.2 Å². The van der Waals surface area contributed by atoms with Gasteiger partial charge >= 0.3 is 0 Å². The van der Waals surface area contributed by atoms with Crippen molar-refractivity contribution in [3.05, 3.63) is 23.8 Å². The maximum atomic E-state index is 12.2. The molecule has 3 aliphatic heterocycles. The Kier molecular flexibility index (Phi) is 7.21. The number of fused-ring (bicyclic) bond motifs is 1. The van der Waals surface area contributed by atoms with E-state index in [1.54, 1.807) is 0 Å². The number of piperidine rings is 1. The molecule has 0 saturated carbocycles. The minimum atomic E-state index is 0. The van der Waals surface area contributed by atoms with Gasteiger partial charge in [0.05, 0.1) is 6.04 Å². The summed E-state index contributed by atoms with van der Waals surface area (Å²) < 4.78 is 11.5. The minimum absolute atomic E-state index is 0. The summed E-state index contributed by atoms with van der Waals surface area (Å²) >= 11 is 0. The molecule has 4 rings (SSSR count). The van der Waals surface area contributed by atoms with Crippen molar-refractivity contribution in [3.63, 3.8) is 0 Å². The highest BCUT2D eigenvalue weighted by Gasteiger charge is 2.25. The van der Waals surface area contributed by atoms with Crippen LogP contribution in [0, 0.1) is 5.92 Å². The summed E-state index contributed by atoms with van der Waals surface area (Å²) in [7, 11) is 0. The number of rotatable bonds is 5. The maximum Gasteiger partial charge on any atom is 0.237 e. The average molecular weight is 396 g/mol. The third-order valence-electron chi connectivity index (χ3n) is 5.59. The van der Waals surface area contributed by atoms with Gasteiger partial charge in [0.15, 0.2) is 11.5 Å². The molecule has 0 spiro atoms. The Balaban J connectivity index is 0.00000210. The number of hydrogen-bond acceptors (Lipinski definition) is 5. The lowest BCUT2D eigenvalue weighted by atomic mass is 9.97. The first kappa shape index (κ1) is 20.2. The van der Waals surface area contributed by atoms with Gasteiger partial charge < -0.3 is 20.1 Å². The van der Waals surface area contributed by atoms with Crippen LogP contribution in [0.3, 0.4) is 0 Å². The first-order valence-electron chi connectivity index (χ1n) is 9.90. The molecule has 27 heavy (non-hydrogen) atoms. The molecule has 150 valence electrons. The molecule has 2 N–H and O–H groups in total. The van der Waals surface area contributed by atoms with Crippen molar-refractivity contribution in [1.29, 1.82) is 0 Å². The van der Waals surface area contributed by atoms with Gasteiger partial charge in [0.2, 0.25) is 5.91 Å². The molecule has 6 nitrogen and oxygen atoms in total. The van der Waals surface area contributed by atoms with Crippen LogP contribution >= 0.6 is 12.4 Å². The third kappa shape index (κ3) is 5.06. The van der Waals surface area contributed by atoms with E-state index in [1.807, 2.05) is 12.1 Å². The van der Waals surface area contributed by atoms with E-state index in [1.165, 1.54) is 18.4 Å². The lowest BCUT2D eigenvalue weighted by molar-refractivity contribution is -0.123. The predicted octanol–water partition coefficient (Wildman–Crippen LogP) is 1.96. The molecule has 0 bridgehead atoms. The monoisotopic (exact) mass is 395 g/mol. The lowest BCUT2D eigenvalue weighted by Gasteiger charge is -2.33. The normalized spacial score (nSPS) is 24.9. The van der Waals surface area contributed by atoms with E-state index in [-0.39, 0.29) is 24.4 Å². The number of ether oxygens (including phenoxy) is 2. The number of nitrogens with zero attached hydrogens (tertiary/aromatic N) is 1. The summed E-state index contributed by atoms with van der Waals surface area (Å²) in [4.78, 5) is 14.7. The number of likely N-dealkylation sites (tertiary alicyclic amines) is 1. The first-order chi connectivity index (χ1) is 12.8. The summed E-state index contributed by atoms with van der Waals surface area (Å²) in [5, 5.41) is 6.42. The van der Waals surface area contributed by atoms with Gasteiger partial charge in [-0.15, -0.1) is 12.4 Å². The molecule has 2 atom stereocenters. The molecule has 3 heterocycles. The van der Waals surface area contributed by atoms with Crippen molar-refractivity contribution in [2.24, 2.45) is 5.92 Å². The topological polar surface area (TPSA) is 62.8 Å². The number of para-hydroxylation sites is 1. The molecule has 0 radical (unpaired) electrons. The lowest BCUT2D eigenvalue weighted by Crippen LogP contribution is -2.45. The van der Waals surface area contributed by atoms with E-state index < -0.39 is 0 Å². The predicted molar refractivity (Wildman–Crippen MR) is 107 cm³/mol. The van der Waals surface area contributed by atoms with Crippen LogP contribution < -0.4 is 20.1 Å². The van der Waals surface area contributed by atoms with Crippen molar-refractivity contribution in [2.75, 3.05) is 39.4 Å². The molecule has 0 aromatic heterocycles. The number of benzene rings is 1. The van der Waals surface area contributed by atoms with E-state index in [9.17, 15) is 4.79 Å². The van der Waals surface area contributed by atoms with Gasteiger partial charge in [-0.2, -0.15) is 0 Å². The second kappa shape index (κ2) is 9.62. The van der Waals surface area contributed by atoms with Crippen LogP contribution in [0.1, 0.15) is 31.2 Å². The Labute approximate surface area is 167 Å². The van der Waals surface area contributed by atoms with Crippen LogP contribution in [0.15, 0.2) is 18.2 Å². The number of halogens is 1. The van der Waals surface area contributed by atoms with Crippen molar-refractivity contribution in [1.82, 2.24) is 15.5 Å². The number of carbonyl (C=O) groups excluding carboxylic acids is 1. The molecule has 3 aliphatic rings. The Hall–Kier alpha value is -1.50. The Bertz CT molecular complexity index is 637. The van der Waals surface area contributed by atoms with Crippen molar-refractivity contribution < 1.29 is 14.3 Å². The van der Waals surface area contributed by atoms with Crippen LogP contribution in [0.4, 0.5) is 0 Å². The van der Waals surface area contributed by atoms with Crippen molar-refractivity contribution >= 4 is 18.3 Å². The molecule has 2 fully saturated rings. The van der Waals surface area contributed by atoms with Crippen LogP contribution in [0.25, 0.3) is 0 Å². The molecular weight excluding hydrogens is 366 g/mol. The summed E-state index contributed by atoms with van der Waals surface area (Å²) in [5.74, 6) is 2.45. The first-order valence-corrected chi connectivity index (χ1v) is 9.90. The van der Waals surface area contributed by atoms with Gasteiger partial charge in [-0.3, -0.25) is 9.69 Å². The molecular formula is C20H30ClN3O3. The van der Waals surface area contributed by atoms with Crippen LogP contribution in [-0.2, 0) is 11.3 Å². The zero-order chi connectivity index (χ0) is 17.8. The van der Waals surface area contributed by atoms with Gasteiger partial charge in [-0.05, 0) is 50.8 Å². The van der Waals surface area contributed by atoms with Gasteiger partial charge in [-0.1, -0.05) is 12.1 Å². The zero-order valence-corrected chi connectivity index (χ0v) is 16.6. The van der Waals surface area contributed by atoms with Crippen LogP contribution in [-0.4, -0.2) is 56.2 Å². The van der Waals surface area contributed by atoms with E-state index >= 15 is 0 Å². The summed E-state index contributed by atoms with van der Waals surface area (Å²) in [6.45, 7) is 5.97. The molecule has 7 heteroatoms. The number of carbonyl (C=O) groups is 1. The maximum absolute atomic E-state index is 12.2. The molecule has 1 amide bonds. The van der Waals surface area contributed by atoms with Crippen molar-refractivity contribution in [3.8, 4) is 11.5 Å². The van der Waals surface area contributed by atoms with Gasteiger partial charge in [-0.25, -0.2) is 0 Å². The highest BCUT2D eigenvalue weighted by molar-refractivity contribution is 5.85. The summed E-state index contributed by atoms with van der Waals surface area (Å²) in [6, 6.07) is 6.16. The fraction of sp³-hybridized carbons (Fsp3) is 0.650. The average Bonchev–Trinajstić information content (AvgIpc) is 3.22. The smallest absolute Gasteiger partial charge is 0.237 e. The van der Waals surface area contributed by atoms with E-state index in [2.05, 4.69) is 21.6 Å². The molecule has 2 unspecified atom stereocenters. The Morgan fingerprint density at radius 2 is 2.11 bits per heavy atom.